The molecule has 0 aromatic carbocycles. The Balaban J connectivity index is 2.23. The molecular weight excluding hydrogens is 258 g/mol. The van der Waals surface area contributed by atoms with Crippen LogP contribution in [0.5, 0.6) is 0 Å². The molecule has 0 bridgehead atoms. The molecule has 1 aliphatic rings. The number of carboxylic acid groups (broad SMARTS) is 1. The average molecular weight is 279 g/mol. The largest absolute Gasteiger partial charge is 0.481 e. The first kappa shape index (κ1) is 14.9. The van der Waals surface area contributed by atoms with Crippen LogP contribution in [0.4, 0.5) is 0 Å². The molecule has 1 aliphatic heterocycles. The first-order chi connectivity index (χ1) is 9.51. The van der Waals surface area contributed by atoms with E-state index in [4.69, 9.17) is 9.84 Å². The molecule has 6 heteroatoms. The minimum atomic E-state index is -0.862. The summed E-state index contributed by atoms with van der Waals surface area (Å²) in [6.07, 6.45) is -0.162. The van der Waals surface area contributed by atoms with Crippen molar-refractivity contribution in [3.8, 4) is 0 Å². The molecule has 0 amide bonds. The Labute approximate surface area is 118 Å². The molecule has 1 atom stereocenters. The van der Waals surface area contributed by atoms with Gasteiger partial charge in [0.25, 0.3) is 0 Å². The first-order valence-corrected chi connectivity index (χ1v) is 6.91. The fourth-order valence-corrected chi connectivity index (χ4v) is 2.46. The lowest BCUT2D eigenvalue weighted by molar-refractivity contribution is -0.136. The Kier molecular flexibility index (Phi) is 4.67. The van der Waals surface area contributed by atoms with E-state index in [-0.39, 0.29) is 12.5 Å². The smallest absolute Gasteiger partial charge is 0.307 e. The molecule has 2 heterocycles. The minimum absolute atomic E-state index is 0.0371. The summed E-state index contributed by atoms with van der Waals surface area (Å²) in [5.74, 6) is -0.203. The number of hydrogen-bond donors (Lipinski definition) is 1. The molecular formula is C14H21N3O3. The zero-order chi connectivity index (χ0) is 14.7. The number of aryl methyl sites for hydroxylation is 2. The molecule has 1 aromatic rings. The first-order valence-electron chi connectivity index (χ1n) is 6.91. The summed E-state index contributed by atoms with van der Waals surface area (Å²) in [7, 11) is 0. The number of likely N-dealkylation sites (N-methyl/N-ethyl adjacent to an activating group) is 1. The lowest BCUT2D eigenvalue weighted by atomic mass is 10.1. The number of carbonyl (C=O) groups is 1. The number of rotatable bonds is 4. The van der Waals surface area contributed by atoms with Gasteiger partial charge in [0.15, 0.2) is 5.82 Å². The predicted molar refractivity (Wildman–Crippen MR) is 73.7 cm³/mol. The number of hydrogen-bond acceptors (Lipinski definition) is 5. The van der Waals surface area contributed by atoms with E-state index in [0.717, 1.165) is 31.0 Å². The highest BCUT2D eigenvalue weighted by molar-refractivity contribution is 5.70. The summed E-state index contributed by atoms with van der Waals surface area (Å²) in [6, 6.07) is 0. The molecule has 0 spiro atoms. The summed E-state index contributed by atoms with van der Waals surface area (Å²) >= 11 is 0. The zero-order valence-corrected chi connectivity index (χ0v) is 12.2. The van der Waals surface area contributed by atoms with E-state index >= 15 is 0 Å². The van der Waals surface area contributed by atoms with Gasteiger partial charge in [-0.2, -0.15) is 0 Å². The van der Waals surface area contributed by atoms with Crippen molar-refractivity contribution in [2.24, 2.45) is 0 Å². The van der Waals surface area contributed by atoms with E-state index in [9.17, 15) is 4.79 Å². The molecule has 0 saturated carbocycles. The molecule has 1 aromatic heterocycles. The summed E-state index contributed by atoms with van der Waals surface area (Å²) in [5.41, 5.74) is 2.16. The SMILES string of the molecule is CCN1CCOC(c2nc(C)c(CC(=O)O)c(C)n2)C1. The van der Waals surface area contributed by atoms with Crippen molar-refractivity contribution in [1.29, 1.82) is 0 Å². The van der Waals surface area contributed by atoms with Gasteiger partial charge in [-0.05, 0) is 20.4 Å². The third-order valence-electron chi connectivity index (χ3n) is 3.65. The molecule has 1 unspecified atom stereocenters. The highest BCUT2D eigenvalue weighted by Crippen LogP contribution is 2.21. The van der Waals surface area contributed by atoms with Crippen LogP contribution in [0.25, 0.3) is 0 Å². The van der Waals surface area contributed by atoms with Gasteiger partial charge in [-0.1, -0.05) is 6.92 Å². The lowest BCUT2D eigenvalue weighted by Gasteiger charge is -2.31. The number of morpholine rings is 1. The topological polar surface area (TPSA) is 75.5 Å². The Morgan fingerprint density at radius 3 is 2.60 bits per heavy atom. The molecule has 6 nitrogen and oxygen atoms in total. The third-order valence-corrected chi connectivity index (χ3v) is 3.65. The monoisotopic (exact) mass is 279 g/mol. The Bertz CT molecular complexity index is 481. The summed E-state index contributed by atoms with van der Waals surface area (Å²) in [5, 5.41) is 8.91. The fraction of sp³-hybridized carbons (Fsp3) is 0.643. The second kappa shape index (κ2) is 6.28. The van der Waals surface area contributed by atoms with Crippen molar-refractivity contribution >= 4 is 5.97 Å². The van der Waals surface area contributed by atoms with Gasteiger partial charge in [0.1, 0.15) is 6.10 Å². The molecule has 0 aliphatic carbocycles. The second-order valence-electron chi connectivity index (χ2n) is 5.05. The number of ether oxygens (including phenoxy) is 1. The normalized spacial score (nSPS) is 20.1. The van der Waals surface area contributed by atoms with Crippen molar-refractivity contribution in [2.45, 2.75) is 33.3 Å². The Morgan fingerprint density at radius 2 is 2.05 bits per heavy atom. The molecule has 0 radical (unpaired) electrons. The predicted octanol–water partition coefficient (Wildman–Crippen LogP) is 1.11. The maximum atomic E-state index is 10.9. The molecule has 1 saturated heterocycles. The van der Waals surface area contributed by atoms with E-state index in [2.05, 4.69) is 21.8 Å². The zero-order valence-electron chi connectivity index (χ0n) is 12.2. The van der Waals surface area contributed by atoms with Crippen LogP contribution in [0.15, 0.2) is 0 Å². The van der Waals surface area contributed by atoms with Crippen molar-refractivity contribution < 1.29 is 14.6 Å². The van der Waals surface area contributed by atoms with Crippen molar-refractivity contribution in [3.63, 3.8) is 0 Å². The Hall–Kier alpha value is -1.53. The molecule has 110 valence electrons. The van der Waals surface area contributed by atoms with Gasteiger partial charge in [-0.3, -0.25) is 9.69 Å². The van der Waals surface area contributed by atoms with Gasteiger partial charge in [-0.15, -0.1) is 0 Å². The minimum Gasteiger partial charge on any atom is -0.481 e. The third kappa shape index (κ3) is 3.32. The lowest BCUT2D eigenvalue weighted by Crippen LogP contribution is -2.38. The van der Waals surface area contributed by atoms with Crippen LogP contribution in [-0.2, 0) is 16.0 Å². The number of aromatic nitrogens is 2. The molecule has 1 N–H and O–H groups in total. The van der Waals surface area contributed by atoms with Crippen LogP contribution in [0.2, 0.25) is 0 Å². The van der Waals surface area contributed by atoms with E-state index in [1.807, 2.05) is 13.8 Å². The van der Waals surface area contributed by atoms with Crippen molar-refractivity contribution in [2.75, 3.05) is 26.2 Å². The maximum absolute atomic E-state index is 10.9. The van der Waals surface area contributed by atoms with Crippen LogP contribution < -0.4 is 0 Å². The van der Waals surface area contributed by atoms with Crippen molar-refractivity contribution in [3.05, 3.63) is 22.8 Å². The van der Waals surface area contributed by atoms with Gasteiger partial charge >= 0.3 is 5.97 Å². The van der Waals surface area contributed by atoms with E-state index in [1.165, 1.54) is 0 Å². The average Bonchev–Trinajstić information content (AvgIpc) is 2.42. The van der Waals surface area contributed by atoms with Gasteiger partial charge in [0, 0.05) is 30.0 Å². The highest BCUT2D eigenvalue weighted by Gasteiger charge is 2.24. The maximum Gasteiger partial charge on any atom is 0.307 e. The molecule has 1 fully saturated rings. The molecule has 2 rings (SSSR count). The van der Waals surface area contributed by atoms with E-state index < -0.39 is 5.97 Å². The summed E-state index contributed by atoms with van der Waals surface area (Å²) in [6.45, 7) is 9.16. The van der Waals surface area contributed by atoms with E-state index in [0.29, 0.717) is 18.0 Å². The van der Waals surface area contributed by atoms with Crippen LogP contribution in [0.1, 0.15) is 35.8 Å². The van der Waals surface area contributed by atoms with Gasteiger partial charge in [0.05, 0.1) is 13.0 Å². The van der Waals surface area contributed by atoms with Gasteiger partial charge in [0.2, 0.25) is 0 Å². The van der Waals surface area contributed by atoms with Crippen LogP contribution in [0, 0.1) is 13.8 Å². The number of nitrogens with zero attached hydrogens (tertiary/aromatic N) is 3. The van der Waals surface area contributed by atoms with Gasteiger partial charge in [-0.25, -0.2) is 9.97 Å². The van der Waals surface area contributed by atoms with Gasteiger partial charge < -0.3 is 9.84 Å². The number of aliphatic carboxylic acids is 1. The Morgan fingerprint density at radius 1 is 1.40 bits per heavy atom. The van der Waals surface area contributed by atoms with Crippen LogP contribution >= 0.6 is 0 Å². The summed E-state index contributed by atoms with van der Waals surface area (Å²) in [4.78, 5) is 22.1. The second-order valence-corrected chi connectivity index (χ2v) is 5.05. The van der Waals surface area contributed by atoms with E-state index in [1.54, 1.807) is 0 Å². The standard InChI is InChI=1S/C14H21N3O3/c1-4-17-5-6-20-12(8-17)14-15-9(2)11(7-13(18)19)10(3)16-14/h12H,4-8H2,1-3H3,(H,18,19). The summed E-state index contributed by atoms with van der Waals surface area (Å²) < 4.78 is 5.74. The van der Waals surface area contributed by atoms with Crippen LogP contribution in [-0.4, -0.2) is 52.2 Å². The quantitative estimate of drug-likeness (QED) is 0.890. The fourth-order valence-electron chi connectivity index (χ4n) is 2.46. The number of carboxylic acids is 1. The highest BCUT2D eigenvalue weighted by atomic mass is 16.5. The molecule has 20 heavy (non-hydrogen) atoms. The van der Waals surface area contributed by atoms with Crippen LogP contribution in [0.3, 0.4) is 0 Å². The van der Waals surface area contributed by atoms with Crippen molar-refractivity contribution in [1.82, 2.24) is 14.9 Å².